The van der Waals surface area contributed by atoms with Gasteiger partial charge in [-0.2, -0.15) is 4.98 Å². The number of carbonyl (C=O) groups excluding carboxylic acids is 2. The third-order valence-electron chi connectivity index (χ3n) is 6.87. The summed E-state index contributed by atoms with van der Waals surface area (Å²) in [6.07, 6.45) is 3.13. The number of rotatable bonds is 7. The first kappa shape index (κ1) is 28.5. The van der Waals surface area contributed by atoms with Gasteiger partial charge < -0.3 is 19.4 Å². The number of nitrogens with one attached hydrogen (secondary N) is 1. The maximum Gasteiger partial charge on any atom is 0.319 e. The van der Waals surface area contributed by atoms with E-state index in [-0.39, 0.29) is 46.3 Å². The number of halogens is 4. The third kappa shape index (κ3) is 5.13. The van der Waals surface area contributed by atoms with Crippen LogP contribution in [0.4, 0.5) is 14.5 Å². The largest absolute Gasteiger partial charge is 0.479 e. The lowest BCUT2D eigenvalue weighted by atomic mass is 9.86. The van der Waals surface area contributed by atoms with Crippen molar-refractivity contribution in [2.45, 2.75) is 32.1 Å². The molecule has 1 N–H and O–H groups in total. The molecule has 1 amide bonds. The molecule has 2 heterocycles. The van der Waals surface area contributed by atoms with Crippen molar-refractivity contribution in [2.75, 3.05) is 19.5 Å². The fraction of sp³-hybridized carbons (Fsp3) is 0.241. The molecular weight excluding hydrogens is 577 g/mol. The summed E-state index contributed by atoms with van der Waals surface area (Å²) in [7, 11) is 2.85. The van der Waals surface area contributed by atoms with Crippen LogP contribution in [0.5, 0.6) is 11.9 Å². The van der Waals surface area contributed by atoms with Crippen LogP contribution in [0.15, 0.2) is 42.7 Å². The Kier molecular flexibility index (Phi) is 7.72. The Labute approximate surface area is 244 Å². The maximum absolute atomic E-state index is 14.6. The lowest BCUT2D eigenvalue weighted by Gasteiger charge is -2.20. The van der Waals surface area contributed by atoms with Crippen LogP contribution in [0.25, 0.3) is 5.69 Å². The number of hydrogen-bond acceptors (Lipinski definition) is 6. The molecule has 0 fully saturated rings. The van der Waals surface area contributed by atoms with Gasteiger partial charge in [-0.3, -0.25) is 9.59 Å². The molecule has 1 aliphatic rings. The summed E-state index contributed by atoms with van der Waals surface area (Å²) in [6.45, 7) is 3.82. The molecule has 1 aliphatic carbocycles. The maximum atomic E-state index is 14.6. The summed E-state index contributed by atoms with van der Waals surface area (Å²) in [5.74, 6) is -3.71. The van der Waals surface area contributed by atoms with Crippen LogP contribution in [0, 0.1) is 11.6 Å². The van der Waals surface area contributed by atoms with Crippen LogP contribution >= 0.6 is 23.2 Å². The van der Waals surface area contributed by atoms with E-state index < -0.39 is 23.5 Å². The standard InChI is InChI=1S/C29H24Cl2F2N4O4/c1-13(2)26-25(24-16-6-5-15(30)7-14(16)8-23(24)38)17(27(39)35-21-9-18(31)19(32)10-20(21)33)12-37(26)22-11-34-29(41-4)36-28(22)40-3/h5-7,9-13,24H,8H2,1-4H3,(H,35,39). The van der Waals surface area contributed by atoms with Gasteiger partial charge in [-0.25, -0.2) is 13.8 Å². The summed E-state index contributed by atoms with van der Waals surface area (Å²) >= 11 is 12.1. The zero-order chi connectivity index (χ0) is 29.6. The van der Waals surface area contributed by atoms with E-state index in [2.05, 4.69) is 15.3 Å². The van der Waals surface area contributed by atoms with E-state index in [0.29, 0.717) is 33.6 Å². The van der Waals surface area contributed by atoms with Crippen molar-refractivity contribution in [2.24, 2.45) is 0 Å². The lowest BCUT2D eigenvalue weighted by Crippen LogP contribution is -2.19. The second-order valence-corrected chi connectivity index (χ2v) is 10.6. The zero-order valence-electron chi connectivity index (χ0n) is 22.4. The minimum absolute atomic E-state index is 0.0717. The van der Waals surface area contributed by atoms with Gasteiger partial charge in [0, 0.05) is 35.0 Å². The highest BCUT2D eigenvalue weighted by Gasteiger charge is 2.39. The van der Waals surface area contributed by atoms with E-state index in [1.807, 2.05) is 13.8 Å². The van der Waals surface area contributed by atoms with Crippen LogP contribution in [-0.2, 0) is 11.2 Å². The van der Waals surface area contributed by atoms with Crippen molar-refractivity contribution in [1.82, 2.24) is 14.5 Å². The monoisotopic (exact) mass is 600 g/mol. The number of nitrogens with zero attached hydrogens (tertiary/aromatic N) is 3. The molecule has 0 saturated carbocycles. The molecule has 8 nitrogen and oxygen atoms in total. The van der Waals surface area contributed by atoms with Gasteiger partial charge in [0.1, 0.15) is 23.1 Å². The van der Waals surface area contributed by atoms with E-state index in [1.54, 1.807) is 22.8 Å². The first-order chi connectivity index (χ1) is 19.5. The Morgan fingerprint density at radius 1 is 1.12 bits per heavy atom. The number of fused-ring (bicyclic) bond motifs is 1. The molecule has 0 aliphatic heterocycles. The predicted octanol–water partition coefficient (Wildman–Crippen LogP) is 6.50. The molecule has 1 atom stereocenters. The van der Waals surface area contributed by atoms with Gasteiger partial charge in [-0.05, 0) is 35.2 Å². The molecule has 12 heteroatoms. The number of ether oxygens (including phenoxy) is 2. The lowest BCUT2D eigenvalue weighted by molar-refractivity contribution is -0.118. The molecule has 4 aromatic rings. The summed E-state index contributed by atoms with van der Waals surface area (Å²) in [4.78, 5) is 35.9. The number of amides is 1. The molecule has 41 heavy (non-hydrogen) atoms. The number of methoxy groups -OCH3 is 2. The fourth-order valence-corrected chi connectivity index (χ4v) is 5.52. The minimum Gasteiger partial charge on any atom is -0.479 e. The molecule has 2 aromatic carbocycles. The van der Waals surface area contributed by atoms with Crippen LogP contribution in [0.3, 0.4) is 0 Å². The summed E-state index contributed by atoms with van der Waals surface area (Å²) in [5.41, 5.74) is 2.66. The Balaban J connectivity index is 1.76. The normalized spacial score (nSPS) is 14.4. The molecule has 0 saturated heterocycles. The number of hydrogen-bond donors (Lipinski definition) is 1. The number of Topliss-reactive ketones (excluding diaryl/α,β-unsaturated/α-hetero) is 1. The average molecular weight is 601 g/mol. The summed E-state index contributed by atoms with van der Waals surface area (Å²) in [6, 6.07) is 6.84. The van der Waals surface area contributed by atoms with Crippen molar-refractivity contribution >= 4 is 40.6 Å². The SMILES string of the molecule is COc1ncc(-n2cc(C(=O)Nc3cc(Cl)c(F)cc3F)c(C3C(=O)Cc4cc(Cl)ccc43)c2C(C)C)c(OC)n1. The van der Waals surface area contributed by atoms with Gasteiger partial charge in [0.15, 0.2) is 0 Å². The number of carbonyl (C=O) groups is 2. The quantitative estimate of drug-likeness (QED) is 0.243. The van der Waals surface area contributed by atoms with Crippen LogP contribution < -0.4 is 14.8 Å². The highest BCUT2D eigenvalue weighted by molar-refractivity contribution is 6.31. The molecule has 2 aromatic heterocycles. The summed E-state index contributed by atoms with van der Waals surface area (Å²) < 4.78 is 40.7. The summed E-state index contributed by atoms with van der Waals surface area (Å²) in [5, 5.41) is 2.62. The molecule has 5 rings (SSSR count). The van der Waals surface area contributed by atoms with E-state index in [1.165, 1.54) is 26.6 Å². The van der Waals surface area contributed by atoms with Gasteiger partial charge in [-0.1, -0.05) is 43.1 Å². The number of aromatic nitrogens is 3. The van der Waals surface area contributed by atoms with Crippen molar-refractivity contribution < 1.29 is 27.8 Å². The van der Waals surface area contributed by atoms with E-state index in [4.69, 9.17) is 32.7 Å². The van der Waals surface area contributed by atoms with Gasteiger partial charge in [0.2, 0.25) is 5.88 Å². The molecule has 1 unspecified atom stereocenters. The van der Waals surface area contributed by atoms with Crippen LogP contribution in [-0.4, -0.2) is 40.4 Å². The van der Waals surface area contributed by atoms with Gasteiger partial charge >= 0.3 is 6.01 Å². The number of benzene rings is 2. The van der Waals surface area contributed by atoms with E-state index in [9.17, 15) is 18.4 Å². The smallest absolute Gasteiger partial charge is 0.319 e. The van der Waals surface area contributed by atoms with Crippen molar-refractivity contribution in [3.05, 3.63) is 92.4 Å². The van der Waals surface area contributed by atoms with Gasteiger partial charge in [-0.15, -0.1) is 0 Å². The van der Waals surface area contributed by atoms with Gasteiger partial charge in [0.25, 0.3) is 5.91 Å². The minimum atomic E-state index is -1.01. The highest BCUT2D eigenvalue weighted by atomic mass is 35.5. The van der Waals surface area contributed by atoms with Crippen LogP contribution in [0.1, 0.15) is 58.4 Å². The second kappa shape index (κ2) is 11.1. The van der Waals surface area contributed by atoms with Crippen molar-refractivity contribution in [1.29, 1.82) is 0 Å². The predicted molar refractivity (Wildman–Crippen MR) is 150 cm³/mol. The third-order valence-corrected chi connectivity index (χ3v) is 7.40. The second-order valence-electron chi connectivity index (χ2n) is 9.74. The zero-order valence-corrected chi connectivity index (χ0v) is 23.9. The van der Waals surface area contributed by atoms with Gasteiger partial charge in [0.05, 0.1) is 42.6 Å². The van der Waals surface area contributed by atoms with Crippen molar-refractivity contribution in [3.63, 3.8) is 0 Å². The number of ketones is 1. The average Bonchev–Trinajstić information content (AvgIpc) is 3.47. The molecular formula is C29H24Cl2F2N4O4. The Bertz CT molecular complexity index is 1710. The Morgan fingerprint density at radius 2 is 1.88 bits per heavy atom. The highest BCUT2D eigenvalue weighted by Crippen LogP contribution is 2.44. The van der Waals surface area contributed by atoms with Crippen LogP contribution in [0.2, 0.25) is 10.0 Å². The number of anilines is 1. The van der Waals surface area contributed by atoms with E-state index >= 15 is 0 Å². The fourth-order valence-electron chi connectivity index (χ4n) is 5.16. The van der Waals surface area contributed by atoms with Crippen molar-refractivity contribution in [3.8, 4) is 17.6 Å². The molecule has 212 valence electrons. The topological polar surface area (TPSA) is 95.3 Å². The molecule has 0 spiro atoms. The Hall–Kier alpha value is -4.02. The molecule has 0 radical (unpaired) electrons. The first-order valence-electron chi connectivity index (χ1n) is 12.5. The Morgan fingerprint density at radius 3 is 2.56 bits per heavy atom. The first-order valence-corrected chi connectivity index (χ1v) is 13.3. The molecule has 0 bridgehead atoms. The van der Waals surface area contributed by atoms with E-state index in [0.717, 1.165) is 11.6 Å².